The van der Waals surface area contributed by atoms with Crippen molar-refractivity contribution >= 4 is 21.6 Å². The van der Waals surface area contributed by atoms with E-state index in [1.54, 1.807) is 50.4 Å². The molecule has 0 aromatic heterocycles. The number of rotatable bonds is 5. The molecule has 1 N–H and O–H groups in total. The van der Waals surface area contributed by atoms with Crippen molar-refractivity contribution in [3.8, 4) is 5.75 Å². The first kappa shape index (κ1) is 20.3. The minimum atomic E-state index is -3.64. The second kappa shape index (κ2) is 8.30. The fourth-order valence-corrected chi connectivity index (χ4v) is 4.74. The van der Waals surface area contributed by atoms with E-state index in [9.17, 15) is 13.2 Å². The molecule has 0 spiro atoms. The fourth-order valence-electron chi connectivity index (χ4n) is 3.06. The maximum atomic E-state index is 13.1. The average molecular weight is 404 g/mol. The summed E-state index contributed by atoms with van der Waals surface area (Å²) in [5.41, 5.74) is 1.53. The molecule has 1 aliphatic rings. The second-order valence-corrected chi connectivity index (χ2v) is 8.78. The number of piperazine rings is 1. The summed E-state index contributed by atoms with van der Waals surface area (Å²) < 4.78 is 32.7. The van der Waals surface area contributed by atoms with Crippen molar-refractivity contribution in [2.75, 3.05) is 45.7 Å². The van der Waals surface area contributed by atoms with Gasteiger partial charge in [-0.25, -0.2) is 8.42 Å². The summed E-state index contributed by atoms with van der Waals surface area (Å²) in [6, 6.07) is 11.7. The number of sulfonamides is 1. The van der Waals surface area contributed by atoms with Gasteiger partial charge in [-0.1, -0.05) is 6.07 Å². The van der Waals surface area contributed by atoms with Crippen molar-refractivity contribution in [3.05, 3.63) is 53.6 Å². The van der Waals surface area contributed by atoms with Gasteiger partial charge in [0.05, 0.1) is 12.0 Å². The molecule has 0 saturated carbocycles. The number of amides is 1. The number of methoxy groups -OCH3 is 1. The van der Waals surface area contributed by atoms with Crippen molar-refractivity contribution in [1.82, 2.24) is 9.21 Å². The largest absolute Gasteiger partial charge is 0.497 e. The maximum absolute atomic E-state index is 13.1. The summed E-state index contributed by atoms with van der Waals surface area (Å²) in [7, 11) is -0.101. The zero-order valence-electron chi connectivity index (χ0n) is 16.3. The van der Waals surface area contributed by atoms with Gasteiger partial charge in [-0.3, -0.25) is 4.79 Å². The lowest BCUT2D eigenvalue weighted by atomic mass is 10.1. The molecule has 0 unspecified atom stereocenters. The number of carbonyl (C=O) groups excluding carboxylic acids is 1. The highest BCUT2D eigenvalue weighted by Gasteiger charge is 2.29. The molecule has 1 saturated heterocycles. The third kappa shape index (κ3) is 4.35. The summed E-state index contributed by atoms with van der Waals surface area (Å²) in [5.74, 6) is 0.328. The van der Waals surface area contributed by atoms with Crippen LogP contribution in [0.3, 0.4) is 0 Å². The SMILES string of the molecule is COc1ccc(NC(=O)c2ccc(C)c(S(=O)(=O)N3CCN(C)CC3)c2)cc1. The lowest BCUT2D eigenvalue weighted by Gasteiger charge is -2.32. The Morgan fingerprint density at radius 2 is 1.68 bits per heavy atom. The van der Waals surface area contributed by atoms with Gasteiger partial charge in [0.15, 0.2) is 0 Å². The van der Waals surface area contributed by atoms with Gasteiger partial charge in [0.1, 0.15) is 5.75 Å². The number of aryl methyl sites for hydroxylation is 1. The zero-order chi connectivity index (χ0) is 20.3. The molecular formula is C20H25N3O4S. The number of benzene rings is 2. The van der Waals surface area contributed by atoms with E-state index in [1.165, 1.54) is 10.4 Å². The molecule has 1 heterocycles. The van der Waals surface area contributed by atoms with Gasteiger partial charge in [0.25, 0.3) is 5.91 Å². The molecule has 0 radical (unpaired) electrons. The highest BCUT2D eigenvalue weighted by atomic mass is 32.2. The molecule has 3 rings (SSSR count). The number of hydrogen-bond donors (Lipinski definition) is 1. The Balaban J connectivity index is 1.83. The standard InChI is InChI=1S/C20H25N3O4S/c1-15-4-5-16(20(24)21-17-6-8-18(27-3)9-7-17)14-19(15)28(25,26)23-12-10-22(2)11-13-23/h4-9,14H,10-13H2,1-3H3,(H,21,24). The highest BCUT2D eigenvalue weighted by Crippen LogP contribution is 2.23. The Morgan fingerprint density at radius 1 is 1.04 bits per heavy atom. The zero-order valence-corrected chi connectivity index (χ0v) is 17.1. The number of ether oxygens (including phenoxy) is 1. The van der Waals surface area contributed by atoms with Gasteiger partial charge < -0.3 is 15.0 Å². The third-order valence-corrected chi connectivity index (χ3v) is 6.92. The summed E-state index contributed by atoms with van der Waals surface area (Å²) in [4.78, 5) is 14.9. The molecule has 1 aliphatic heterocycles. The van der Waals surface area contributed by atoms with Crippen molar-refractivity contribution in [2.45, 2.75) is 11.8 Å². The van der Waals surface area contributed by atoms with Crippen LogP contribution in [0.2, 0.25) is 0 Å². The van der Waals surface area contributed by atoms with Crippen LogP contribution in [0.1, 0.15) is 15.9 Å². The van der Waals surface area contributed by atoms with Crippen molar-refractivity contribution < 1.29 is 17.9 Å². The molecule has 2 aromatic rings. The smallest absolute Gasteiger partial charge is 0.255 e. The number of nitrogens with one attached hydrogen (secondary N) is 1. The lowest BCUT2D eigenvalue weighted by Crippen LogP contribution is -2.47. The predicted molar refractivity (Wildman–Crippen MR) is 108 cm³/mol. The molecule has 1 amide bonds. The quantitative estimate of drug-likeness (QED) is 0.828. The number of anilines is 1. The normalized spacial score (nSPS) is 16.0. The van der Waals surface area contributed by atoms with Gasteiger partial charge in [-0.05, 0) is 55.9 Å². The van der Waals surface area contributed by atoms with E-state index in [0.29, 0.717) is 48.7 Å². The fraction of sp³-hybridized carbons (Fsp3) is 0.350. The van der Waals surface area contributed by atoms with Crippen molar-refractivity contribution in [2.24, 2.45) is 0 Å². The van der Waals surface area contributed by atoms with E-state index in [2.05, 4.69) is 10.2 Å². The van der Waals surface area contributed by atoms with Gasteiger partial charge in [-0.2, -0.15) is 4.31 Å². The molecule has 0 aliphatic carbocycles. The van der Waals surface area contributed by atoms with E-state index >= 15 is 0 Å². The number of likely N-dealkylation sites (N-methyl/N-ethyl adjacent to an activating group) is 1. The Morgan fingerprint density at radius 3 is 2.29 bits per heavy atom. The summed E-state index contributed by atoms with van der Waals surface area (Å²) in [6.45, 7) is 4.01. The van der Waals surface area contributed by atoms with Gasteiger partial charge in [-0.15, -0.1) is 0 Å². The number of nitrogens with zero attached hydrogens (tertiary/aromatic N) is 2. The minimum absolute atomic E-state index is 0.180. The maximum Gasteiger partial charge on any atom is 0.255 e. The first-order valence-electron chi connectivity index (χ1n) is 9.06. The topological polar surface area (TPSA) is 78.9 Å². The van der Waals surface area contributed by atoms with Crippen molar-refractivity contribution in [1.29, 1.82) is 0 Å². The van der Waals surface area contributed by atoms with Crippen LogP contribution in [-0.2, 0) is 10.0 Å². The van der Waals surface area contributed by atoms with E-state index in [0.717, 1.165) is 0 Å². The minimum Gasteiger partial charge on any atom is -0.497 e. The van der Waals surface area contributed by atoms with Crippen LogP contribution in [0.25, 0.3) is 0 Å². The summed E-state index contributed by atoms with van der Waals surface area (Å²) in [5, 5.41) is 2.78. The molecular weight excluding hydrogens is 378 g/mol. The molecule has 8 heteroatoms. The van der Waals surface area contributed by atoms with E-state index < -0.39 is 10.0 Å². The molecule has 0 atom stereocenters. The number of carbonyl (C=O) groups is 1. The van der Waals surface area contributed by atoms with Crippen LogP contribution in [-0.4, -0.2) is 63.9 Å². The van der Waals surface area contributed by atoms with Crippen LogP contribution in [0, 0.1) is 6.92 Å². The van der Waals surface area contributed by atoms with E-state index in [4.69, 9.17) is 4.74 Å². The van der Waals surface area contributed by atoms with E-state index in [1.807, 2.05) is 7.05 Å². The average Bonchev–Trinajstić information content (AvgIpc) is 2.69. The molecule has 0 bridgehead atoms. The molecule has 1 fully saturated rings. The first-order valence-corrected chi connectivity index (χ1v) is 10.5. The summed E-state index contributed by atoms with van der Waals surface area (Å²) >= 11 is 0. The second-order valence-electron chi connectivity index (χ2n) is 6.87. The molecule has 7 nitrogen and oxygen atoms in total. The van der Waals surface area contributed by atoms with E-state index in [-0.39, 0.29) is 10.8 Å². The summed E-state index contributed by atoms with van der Waals surface area (Å²) in [6.07, 6.45) is 0. The molecule has 28 heavy (non-hydrogen) atoms. The Bertz CT molecular complexity index is 950. The monoisotopic (exact) mass is 403 g/mol. The van der Waals surface area contributed by atoms with Crippen LogP contribution >= 0.6 is 0 Å². The van der Waals surface area contributed by atoms with Crippen LogP contribution in [0.15, 0.2) is 47.4 Å². The van der Waals surface area contributed by atoms with Gasteiger partial charge in [0.2, 0.25) is 10.0 Å². The van der Waals surface area contributed by atoms with Crippen molar-refractivity contribution in [3.63, 3.8) is 0 Å². The lowest BCUT2D eigenvalue weighted by molar-refractivity contribution is 0.102. The third-order valence-electron chi connectivity index (χ3n) is 4.88. The molecule has 150 valence electrons. The first-order chi connectivity index (χ1) is 13.3. The highest BCUT2D eigenvalue weighted by molar-refractivity contribution is 7.89. The van der Waals surface area contributed by atoms with Crippen LogP contribution in [0.4, 0.5) is 5.69 Å². The Labute approximate surface area is 166 Å². The Kier molecular flexibility index (Phi) is 6.02. The van der Waals surface area contributed by atoms with Gasteiger partial charge >= 0.3 is 0 Å². The Hall–Kier alpha value is -2.42. The van der Waals surface area contributed by atoms with Crippen LogP contribution < -0.4 is 10.1 Å². The molecule has 2 aromatic carbocycles. The van der Waals surface area contributed by atoms with Crippen LogP contribution in [0.5, 0.6) is 5.75 Å². The van der Waals surface area contributed by atoms with Gasteiger partial charge in [0, 0.05) is 37.4 Å². The number of hydrogen-bond acceptors (Lipinski definition) is 5. The predicted octanol–water partition coefficient (Wildman–Crippen LogP) is 2.19.